The molecule has 0 fully saturated rings. The van der Waals surface area contributed by atoms with E-state index in [1.807, 2.05) is 38.1 Å². The van der Waals surface area contributed by atoms with Crippen LogP contribution >= 0.6 is 12.4 Å². The molecule has 0 unspecified atom stereocenters. The van der Waals surface area contributed by atoms with Crippen LogP contribution < -0.4 is 10.1 Å². The molecule has 0 atom stereocenters. The molecular weight excluding hydrogens is 317 g/mol. The summed E-state index contributed by atoms with van der Waals surface area (Å²) < 4.78 is 19.4. The minimum Gasteiger partial charge on any atom is -0.488 e. The topological polar surface area (TPSA) is 41.5 Å². The Bertz CT molecular complexity index is 619. The van der Waals surface area contributed by atoms with Gasteiger partial charge in [0.2, 0.25) is 0 Å². The summed E-state index contributed by atoms with van der Waals surface area (Å²) in [4.78, 5) is 0. The number of halogens is 2. The molecule has 2 aromatic rings. The maximum absolute atomic E-state index is 13.6. The van der Waals surface area contributed by atoms with Crippen LogP contribution in [-0.4, -0.2) is 17.3 Å². The molecule has 0 saturated heterocycles. The highest BCUT2D eigenvalue weighted by molar-refractivity contribution is 5.85. The summed E-state index contributed by atoms with van der Waals surface area (Å²) in [5.74, 6) is 0.450. The molecule has 2 rings (SSSR count). The molecule has 0 bridgehead atoms. The van der Waals surface area contributed by atoms with E-state index >= 15 is 0 Å². The van der Waals surface area contributed by atoms with Crippen molar-refractivity contribution in [3.05, 3.63) is 65.5 Å². The summed E-state index contributed by atoms with van der Waals surface area (Å²) in [7, 11) is 0. The van der Waals surface area contributed by atoms with E-state index in [-0.39, 0.29) is 37.0 Å². The fourth-order valence-electron chi connectivity index (χ4n) is 1.95. The first kappa shape index (κ1) is 19.4. The van der Waals surface area contributed by atoms with Crippen molar-refractivity contribution in [1.29, 1.82) is 0 Å². The van der Waals surface area contributed by atoms with E-state index in [4.69, 9.17) is 4.74 Å². The van der Waals surface area contributed by atoms with Crippen LogP contribution in [0.4, 0.5) is 4.39 Å². The molecule has 2 aromatic carbocycles. The highest BCUT2D eigenvalue weighted by Crippen LogP contribution is 2.20. The number of hydrogen-bond donors (Lipinski definition) is 2. The minimum atomic E-state index is -0.362. The van der Waals surface area contributed by atoms with Gasteiger partial charge in [-0.3, -0.25) is 0 Å². The first-order valence-corrected chi connectivity index (χ1v) is 7.32. The lowest BCUT2D eigenvalue weighted by Crippen LogP contribution is -2.42. The van der Waals surface area contributed by atoms with Gasteiger partial charge in [0.25, 0.3) is 0 Å². The van der Waals surface area contributed by atoms with Gasteiger partial charge in [-0.25, -0.2) is 4.39 Å². The molecule has 0 aliphatic carbocycles. The molecule has 0 aliphatic rings. The smallest absolute Gasteiger partial charge is 0.129 e. The van der Waals surface area contributed by atoms with Gasteiger partial charge in [-0.05, 0) is 26.0 Å². The first-order valence-electron chi connectivity index (χ1n) is 7.32. The van der Waals surface area contributed by atoms with Crippen LogP contribution in [0, 0.1) is 5.82 Å². The molecule has 0 spiro atoms. The summed E-state index contributed by atoms with van der Waals surface area (Å²) in [5, 5.41) is 12.6. The van der Waals surface area contributed by atoms with Gasteiger partial charge in [-0.1, -0.05) is 36.4 Å². The predicted octanol–water partition coefficient (Wildman–Crippen LogP) is 3.69. The van der Waals surface area contributed by atoms with Crippen LogP contribution in [-0.2, 0) is 13.2 Å². The average Bonchev–Trinajstić information content (AvgIpc) is 2.53. The monoisotopic (exact) mass is 339 g/mol. The van der Waals surface area contributed by atoms with Gasteiger partial charge in [-0.15, -0.1) is 12.4 Å². The third kappa shape index (κ3) is 5.82. The third-order valence-corrected chi connectivity index (χ3v) is 3.47. The van der Waals surface area contributed by atoms with Crippen LogP contribution in [0.1, 0.15) is 25.0 Å². The Morgan fingerprint density at radius 1 is 1.04 bits per heavy atom. The van der Waals surface area contributed by atoms with Crippen LogP contribution in [0.3, 0.4) is 0 Å². The van der Waals surface area contributed by atoms with Crippen LogP contribution in [0.25, 0.3) is 0 Å². The molecule has 126 valence electrons. The number of benzene rings is 2. The molecule has 2 N–H and O–H groups in total. The first-order chi connectivity index (χ1) is 10.5. The van der Waals surface area contributed by atoms with E-state index in [9.17, 15) is 9.50 Å². The van der Waals surface area contributed by atoms with Crippen molar-refractivity contribution in [1.82, 2.24) is 5.32 Å². The lowest BCUT2D eigenvalue weighted by molar-refractivity contribution is 0.186. The number of ether oxygens (including phenoxy) is 1. The Hall–Kier alpha value is -1.62. The van der Waals surface area contributed by atoms with E-state index in [1.165, 1.54) is 6.07 Å². The number of rotatable bonds is 7. The molecule has 0 aromatic heterocycles. The Labute approximate surface area is 142 Å². The number of para-hydroxylation sites is 1. The standard InChI is InChI=1S/C18H22FNO2.ClH/c1-18(2,13-21)20-11-14-7-4-6-10-17(14)22-12-15-8-3-5-9-16(15)19;/h3-10,20-21H,11-13H2,1-2H3;1H. The Kier molecular flexibility index (Phi) is 7.49. The van der Waals surface area contributed by atoms with Gasteiger partial charge in [-0.2, -0.15) is 0 Å². The van der Waals surface area contributed by atoms with Crippen LogP contribution in [0.2, 0.25) is 0 Å². The van der Waals surface area contributed by atoms with E-state index < -0.39 is 0 Å². The van der Waals surface area contributed by atoms with Crippen molar-refractivity contribution in [3.63, 3.8) is 0 Å². The quantitative estimate of drug-likeness (QED) is 0.808. The molecule has 23 heavy (non-hydrogen) atoms. The molecule has 0 radical (unpaired) electrons. The second-order valence-electron chi connectivity index (χ2n) is 5.88. The third-order valence-electron chi connectivity index (χ3n) is 3.47. The minimum absolute atomic E-state index is 0. The lowest BCUT2D eigenvalue weighted by Gasteiger charge is -2.24. The molecule has 5 heteroatoms. The number of aliphatic hydroxyl groups is 1. The highest BCUT2D eigenvalue weighted by atomic mass is 35.5. The molecule has 0 saturated carbocycles. The van der Waals surface area contributed by atoms with Crippen molar-refractivity contribution < 1.29 is 14.2 Å². The fourth-order valence-corrected chi connectivity index (χ4v) is 1.95. The largest absolute Gasteiger partial charge is 0.488 e. The Morgan fingerprint density at radius 3 is 2.30 bits per heavy atom. The highest BCUT2D eigenvalue weighted by Gasteiger charge is 2.16. The average molecular weight is 340 g/mol. The van der Waals surface area contributed by atoms with Gasteiger partial charge >= 0.3 is 0 Å². The second-order valence-corrected chi connectivity index (χ2v) is 5.88. The van der Waals surface area contributed by atoms with Gasteiger partial charge in [0, 0.05) is 23.2 Å². The number of aliphatic hydroxyl groups excluding tert-OH is 1. The van der Waals surface area contributed by atoms with Crippen molar-refractivity contribution in [3.8, 4) is 5.75 Å². The normalized spacial score (nSPS) is 11.0. The zero-order chi connectivity index (χ0) is 16.0. The van der Waals surface area contributed by atoms with Crippen molar-refractivity contribution in [2.45, 2.75) is 32.5 Å². The van der Waals surface area contributed by atoms with E-state index in [2.05, 4.69) is 5.32 Å². The Balaban J connectivity index is 0.00000264. The summed E-state index contributed by atoms with van der Waals surface area (Å²) in [5.41, 5.74) is 1.14. The zero-order valence-electron chi connectivity index (χ0n) is 13.4. The molecular formula is C18H23ClFNO2. The number of hydrogen-bond acceptors (Lipinski definition) is 3. The van der Waals surface area contributed by atoms with Gasteiger partial charge in [0.1, 0.15) is 18.2 Å². The van der Waals surface area contributed by atoms with Gasteiger partial charge < -0.3 is 15.2 Å². The zero-order valence-corrected chi connectivity index (χ0v) is 14.2. The van der Waals surface area contributed by atoms with E-state index in [0.29, 0.717) is 17.9 Å². The van der Waals surface area contributed by atoms with Crippen molar-refractivity contribution in [2.24, 2.45) is 0 Å². The lowest BCUT2D eigenvalue weighted by atomic mass is 10.1. The van der Waals surface area contributed by atoms with Gasteiger partial charge in [0.15, 0.2) is 0 Å². The Morgan fingerprint density at radius 2 is 1.65 bits per heavy atom. The molecule has 0 aliphatic heterocycles. The summed E-state index contributed by atoms with van der Waals surface area (Å²) in [6.45, 7) is 4.66. The summed E-state index contributed by atoms with van der Waals surface area (Å²) in [6, 6.07) is 14.2. The fraction of sp³-hybridized carbons (Fsp3) is 0.333. The maximum Gasteiger partial charge on any atom is 0.129 e. The molecule has 0 heterocycles. The summed E-state index contributed by atoms with van der Waals surface area (Å²) in [6.07, 6.45) is 0. The van der Waals surface area contributed by atoms with E-state index in [1.54, 1.807) is 18.2 Å². The van der Waals surface area contributed by atoms with Crippen LogP contribution in [0.5, 0.6) is 5.75 Å². The second kappa shape index (κ2) is 8.87. The van der Waals surface area contributed by atoms with Crippen molar-refractivity contribution >= 4 is 12.4 Å². The van der Waals surface area contributed by atoms with Gasteiger partial charge in [0.05, 0.1) is 6.61 Å². The SMILES string of the molecule is CC(C)(CO)NCc1ccccc1OCc1ccccc1F.Cl. The van der Waals surface area contributed by atoms with E-state index in [0.717, 1.165) is 5.56 Å². The maximum atomic E-state index is 13.6. The number of nitrogens with one attached hydrogen (secondary N) is 1. The van der Waals surface area contributed by atoms with Crippen molar-refractivity contribution in [2.75, 3.05) is 6.61 Å². The predicted molar refractivity (Wildman–Crippen MR) is 92.4 cm³/mol. The van der Waals surface area contributed by atoms with Crippen LogP contribution in [0.15, 0.2) is 48.5 Å². The molecule has 3 nitrogen and oxygen atoms in total. The molecule has 0 amide bonds. The summed E-state index contributed by atoms with van der Waals surface area (Å²) >= 11 is 0.